The lowest BCUT2D eigenvalue weighted by atomic mass is 9.88. The second kappa shape index (κ2) is 6.92. The van der Waals surface area contributed by atoms with Crippen molar-refractivity contribution in [1.82, 2.24) is 0 Å². The van der Waals surface area contributed by atoms with Gasteiger partial charge in [0.1, 0.15) is 0 Å². The van der Waals surface area contributed by atoms with E-state index in [0.29, 0.717) is 0 Å². The molecule has 0 N–H and O–H groups in total. The van der Waals surface area contributed by atoms with Crippen LogP contribution in [0, 0.1) is 0 Å². The van der Waals surface area contributed by atoms with Crippen molar-refractivity contribution in [1.29, 1.82) is 0 Å². The zero-order chi connectivity index (χ0) is 13.6. The highest BCUT2D eigenvalue weighted by molar-refractivity contribution is 5.41. The second-order valence-corrected chi connectivity index (χ2v) is 6.28. The summed E-state index contributed by atoms with van der Waals surface area (Å²) in [5, 5.41) is 0. The summed E-state index contributed by atoms with van der Waals surface area (Å²) in [6.07, 6.45) is 26.9. The van der Waals surface area contributed by atoms with Crippen LogP contribution in [0.25, 0.3) is 0 Å². The van der Waals surface area contributed by atoms with Crippen LogP contribution in [0.1, 0.15) is 64.2 Å². The van der Waals surface area contributed by atoms with E-state index in [2.05, 4.69) is 36.5 Å². The average molecular weight is 266 g/mol. The second-order valence-electron chi connectivity index (χ2n) is 6.28. The Morgan fingerprint density at radius 1 is 0.450 bits per heavy atom. The van der Waals surface area contributed by atoms with E-state index in [1.807, 2.05) is 11.1 Å². The summed E-state index contributed by atoms with van der Waals surface area (Å²) in [6.45, 7) is 0. The molecule has 2 fully saturated rings. The van der Waals surface area contributed by atoms with Gasteiger partial charge in [-0.2, -0.15) is 0 Å². The summed E-state index contributed by atoms with van der Waals surface area (Å²) in [5.41, 5.74) is 6.79. The van der Waals surface area contributed by atoms with Crippen molar-refractivity contribution in [3.8, 4) is 0 Å². The van der Waals surface area contributed by atoms with Crippen LogP contribution in [0.4, 0.5) is 0 Å². The van der Waals surface area contributed by atoms with Gasteiger partial charge in [-0.1, -0.05) is 59.6 Å². The van der Waals surface area contributed by atoms with Crippen LogP contribution in [0.2, 0.25) is 0 Å². The van der Waals surface area contributed by atoms with Crippen LogP contribution in [0.5, 0.6) is 0 Å². The SMILES string of the molecule is C1=CC=CC(=C2CCCC(=C3CCCCC3)CC2)C=C1. The third-order valence-corrected chi connectivity index (χ3v) is 4.94. The molecule has 0 saturated heterocycles. The van der Waals surface area contributed by atoms with Crippen LogP contribution in [0.15, 0.2) is 58.7 Å². The Morgan fingerprint density at radius 2 is 1.00 bits per heavy atom. The summed E-state index contributed by atoms with van der Waals surface area (Å²) in [4.78, 5) is 0. The molecular formula is C20H26. The van der Waals surface area contributed by atoms with E-state index in [4.69, 9.17) is 0 Å². The number of hydrogen-bond acceptors (Lipinski definition) is 0. The molecule has 0 nitrogen and oxygen atoms in total. The van der Waals surface area contributed by atoms with E-state index in [-0.39, 0.29) is 0 Å². The molecule has 0 atom stereocenters. The molecule has 0 aromatic rings. The third-order valence-electron chi connectivity index (χ3n) is 4.94. The van der Waals surface area contributed by atoms with Crippen LogP contribution in [0.3, 0.4) is 0 Å². The summed E-state index contributed by atoms with van der Waals surface area (Å²) in [7, 11) is 0. The lowest BCUT2D eigenvalue weighted by Gasteiger charge is -2.18. The van der Waals surface area contributed by atoms with Crippen LogP contribution < -0.4 is 0 Å². The first-order chi connectivity index (χ1) is 9.93. The van der Waals surface area contributed by atoms with Crippen molar-refractivity contribution < 1.29 is 0 Å². The summed E-state index contributed by atoms with van der Waals surface area (Å²) < 4.78 is 0. The first kappa shape index (κ1) is 13.7. The molecule has 106 valence electrons. The minimum absolute atomic E-state index is 1.28. The van der Waals surface area contributed by atoms with Crippen LogP contribution in [-0.4, -0.2) is 0 Å². The number of rotatable bonds is 0. The van der Waals surface area contributed by atoms with Gasteiger partial charge in [-0.15, -0.1) is 0 Å². The molecule has 0 aromatic heterocycles. The fourth-order valence-electron chi connectivity index (χ4n) is 3.78. The van der Waals surface area contributed by atoms with E-state index in [9.17, 15) is 0 Å². The number of hydrogen-bond donors (Lipinski definition) is 0. The maximum Gasteiger partial charge on any atom is -0.0265 e. The van der Waals surface area contributed by atoms with Gasteiger partial charge in [-0.05, 0) is 63.4 Å². The van der Waals surface area contributed by atoms with Crippen molar-refractivity contribution in [2.45, 2.75) is 64.2 Å². The standard InChI is InChI=1S/C20H26/c1-2-5-10-17(9-4-1)19-13-8-14-20(16-15-19)18-11-6-3-7-12-18/h1-2,4-5,9-10H,3,6-8,11-16H2. The molecule has 0 heterocycles. The molecule has 0 aromatic carbocycles. The molecule has 0 amide bonds. The number of allylic oxidation sites excluding steroid dienone is 10. The zero-order valence-electron chi connectivity index (χ0n) is 12.5. The Kier molecular flexibility index (Phi) is 4.73. The molecule has 0 unspecified atom stereocenters. The fourth-order valence-corrected chi connectivity index (χ4v) is 3.78. The molecule has 3 aliphatic rings. The smallest absolute Gasteiger partial charge is 0.0265 e. The zero-order valence-corrected chi connectivity index (χ0v) is 12.5. The van der Waals surface area contributed by atoms with Gasteiger partial charge in [0.05, 0.1) is 0 Å². The molecule has 0 radical (unpaired) electrons. The lowest BCUT2D eigenvalue weighted by Crippen LogP contribution is -1.98. The van der Waals surface area contributed by atoms with Crippen LogP contribution >= 0.6 is 0 Å². The molecule has 3 aliphatic carbocycles. The monoisotopic (exact) mass is 266 g/mol. The molecule has 0 spiro atoms. The minimum atomic E-state index is 1.28. The maximum absolute atomic E-state index is 2.29. The first-order valence-electron chi connectivity index (χ1n) is 8.37. The molecule has 3 rings (SSSR count). The maximum atomic E-state index is 2.29. The van der Waals surface area contributed by atoms with E-state index >= 15 is 0 Å². The van der Waals surface area contributed by atoms with E-state index in [1.165, 1.54) is 69.8 Å². The van der Waals surface area contributed by atoms with Gasteiger partial charge in [0.2, 0.25) is 0 Å². The topological polar surface area (TPSA) is 0 Å². The Bertz CT molecular complexity index is 468. The summed E-state index contributed by atoms with van der Waals surface area (Å²) in [5.74, 6) is 0. The predicted octanol–water partition coefficient (Wildman–Crippen LogP) is 6.19. The normalized spacial score (nSPS) is 24.0. The van der Waals surface area contributed by atoms with Crippen molar-refractivity contribution >= 4 is 0 Å². The predicted molar refractivity (Wildman–Crippen MR) is 87.6 cm³/mol. The van der Waals surface area contributed by atoms with Gasteiger partial charge in [-0.3, -0.25) is 0 Å². The first-order valence-corrected chi connectivity index (χ1v) is 8.37. The van der Waals surface area contributed by atoms with Crippen LogP contribution in [-0.2, 0) is 0 Å². The molecule has 0 heteroatoms. The fraction of sp³-hybridized carbons (Fsp3) is 0.500. The molecule has 0 bridgehead atoms. The third kappa shape index (κ3) is 3.42. The molecule has 20 heavy (non-hydrogen) atoms. The molecule has 2 saturated carbocycles. The van der Waals surface area contributed by atoms with Crippen molar-refractivity contribution in [3.05, 3.63) is 58.7 Å². The van der Waals surface area contributed by atoms with E-state index in [0.717, 1.165) is 0 Å². The Morgan fingerprint density at radius 3 is 1.75 bits per heavy atom. The van der Waals surface area contributed by atoms with E-state index in [1.54, 1.807) is 5.57 Å². The quantitative estimate of drug-likeness (QED) is 0.362. The average Bonchev–Trinajstić information content (AvgIpc) is 2.91. The highest BCUT2D eigenvalue weighted by Gasteiger charge is 2.15. The Hall–Kier alpha value is -1.30. The Balaban J connectivity index is 1.75. The van der Waals surface area contributed by atoms with Crippen molar-refractivity contribution in [3.63, 3.8) is 0 Å². The van der Waals surface area contributed by atoms with Gasteiger partial charge >= 0.3 is 0 Å². The molecular weight excluding hydrogens is 240 g/mol. The molecule has 0 aliphatic heterocycles. The highest BCUT2D eigenvalue weighted by Crippen LogP contribution is 2.35. The highest BCUT2D eigenvalue weighted by atomic mass is 14.2. The largest absolute Gasteiger partial charge is 0.0710 e. The van der Waals surface area contributed by atoms with Gasteiger partial charge in [0, 0.05) is 0 Å². The van der Waals surface area contributed by atoms with E-state index < -0.39 is 0 Å². The van der Waals surface area contributed by atoms with Crippen molar-refractivity contribution in [2.24, 2.45) is 0 Å². The minimum Gasteiger partial charge on any atom is -0.0710 e. The summed E-state index contributed by atoms with van der Waals surface area (Å²) in [6, 6.07) is 0. The Labute approximate surface area is 123 Å². The van der Waals surface area contributed by atoms with Gasteiger partial charge in [0.25, 0.3) is 0 Å². The van der Waals surface area contributed by atoms with Gasteiger partial charge in [-0.25, -0.2) is 0 Å². The lowest BCUT2D eigenvalue weighted by molar-refractivity contribution is 0.585. The van der Waals surface area contributed by atoms with Crippen molar-refractivity contribution in [2.75, 3.05) is 0 Å². The summed E-state index contributed by atoms with van der Waals surface area (Å²) >= 11 is 0. The van der Waals surface area contributed by atoms with Gasteiger partial charge in [0.15, 0.2) is 0 Å². The van der Waals surface area contributed by atoms with Gasteiger partial charge < -0.3 is 0 Å².